The maximum atomic E-state index is 13.2. The first-order valence-corrected chi connectivity index (χ1v) is 7.54. The average molecular weight is 346 g/mol. The van der Waals surface area contributed by atoms with Crippen molar-refractivity contribution in [1.82, 2.24) is 25.4 Å². The van der Waals surface area contributed by atoms with Crippen molar-refractivity contribution >= 4 is 23.8 Å². The standard InChI is InChI=1S/C15H15FN6O3/c16-10-3-1-2-9(6-10)7-22-13(24)11(19-15(22)25)4-5-12(23)20-14-17-8-18-21-14/h1-3,6,8,11H,4-5,7H2,(H,19,25)(H2,17,18,20,21,23)/t11-/m0/s1. The van der Waals surface area contributed by atoms with Crippen LogP contribution in [0.15, 0.2) is 30.6 Å². The zero-order valence-corrected chi connectivity index (χ0v) is 13.0. The predicted molar refractivity (Wildman–Crippen MR) is 83.5 cm³/mol. The number of nitrogens with zero attached hydrogens (tertiary/aromatic N) is 3. The highest BCUT2D eigenvalue weighted by molar-refractivity contribution is 6.04. The highest BCUT2D eigenvalue weighted by Crippen LogP contribution is 2.16. The van der Waals surface area contributed by atoms with E-state index >= 15 is 0 Å². The Labute approximate surface area is 141 Å². The summed E-state index contributed by atoms with van der Waals surface area (Å²) in [5.41, 5.74) is 0.507. The number of hydrogen-bond donors (Lipinski definition) is 3. The van der Waals surface area contributed by atoms with Gasteiger partial charge in [0.2, 0.25) is 11.9 Å². The molecule has 1 aliphatic heterocycles. The van der Waals surface area contributed by atoms with Gasteiger partial charge in [-0.1, -0.05) is 12.1 Å². The van der Waals surface area contributed by atoms with E-state index in [1.165, 1.54) is 24.5 Å². The number of halogens is 1. The number of H-pyrrole nitrogens is 1. The summed E-state index contributed by atoms with van der Waals surface area (Å²) >= 11 is 0. The molecular weight excluding hydrogens is 331 g/mol. The third-order valence-corrected chi connectivity index (χ3v) is 3.67. The first kappa shape index (κ1) is 16.6. The van der Waals surface area contributed by atoms with E-state index in [1.807, 2.05) is 0 Å². The number of amides is 4. The van der Waals surface area contributed by atoms with Gasteiger partial charge >= 0.3 is 6.03 Å². The van der Waals surface area contributed by atoms with Crippen LogP contribution in [-0.4, -0.2) is 44.0 Å². The van der Waals surface area contributed by atoms with Crippen molar-refractivity contribution < 1.29 is 18.8 Å². The molecule has 25 heavy (non-hydrogen) atoms. The molecule has 1 aliphatic rings. The van der Waals surface area contributed by atoms with E-state index in [0.717, 1.165) is 4.90 Å². The summed E-state index contributed by atoms with van der Waals surface area (Å²) in [6.45, 7) is -0.0246. The van der Waals surface area contributed by atoms with Gasteiger partial charge in [0.25, 0.3) is 5.91 Å². The van der Waals surface area contributed by atoms with E-state index in [1.54, 1.807) is 6.07 Å². The number of aromatic nitrogens is 3. The molecule has 2 heterocycles. The van der Waals surface area contributed by atoms with Crippen LogP contribution in [0.3, 0.4) is 0 Å². The molecule has 0 spiro atoms. The van der Waals surface area contributed by atoms with Gasteiger partial charge in [-0.25, -0.2) is 14.3 Å². The van der Waals surface area contributed by atoms with Gasteiger partial charge < -0.3 is 5.32 Å². The molecule has 9 nitrogen and oxygen atoms in total. The third-order valence-electron chi connectivity index (χ3n) is 3.67. The summed E-state index contributed by atoms with van der Waals surface area (Å²) in [7, 11) is 0. The zero-order valence-electron chi connectivity index (χ0n) is 13.0. The van der Waals surface area contributed by atoms with Crippen LogP contribution in [0.5, 0.6) is 0 Å². The first-order valence-electron chi connectivity index (χ1n) is 7.54. The van der Waals surface area contributed by atoms with E-state index < -0.39 is 23.8 Å². The third kappa shape index (κ3) is 3.97. The van der Waals surface area contributed by atoms with Crippen molar-refractivity contribution in [2.45, 2.75) is 25.4 Å². The topological polar surface area (TPSA) is 120 Å². The van der Waals surface area contributed by atoms with Crippen LogP contribution in [0, 0.1) is 5.82 Å². The summed E-state index contributed by atoms with van der Waals surface area (Å²) in [6.07, 6.45) is 1.41. The number of nitrogens with one attached hydrogen (secondary N) is 3. The predicted octanol–water partition coefficient (Wildman–Crippen LogP) is 0.783. The van der Waals surface area contributed by atoms with Crippen molar-refractivity contribution in [3.63, 3.8) is 0 Å². The molecule has 0 unspecified atom stereocenters. The molecule has 1 saturated heterocycles. The lowest BCUT2D eigenvalue weighted by Gasteiger charge is -2.13. The second-order valence-electron chi connectivity index (χ2n) is 5.48. The zero-order chi connectivity index (χ0) is 17.8. The fraction of sp³-hybridized carbons (Fsp3) is 0.267. The monoisotopic (exact) mass is 346 g/mol. The first-order chi connectivity index (χ1) is 12.0. The molecule has 10 heteroatoms. The molecule has 2 aromatic rings. The van der Waals surface area contributed by atoms with Gasteiger partial charge in [0, 0.05) is 6.42 Å². The molecule has 1 aromatic carbocycles. The van der Waals surface area contributed by atoms with Crippen molar-refractivity contribution in [3.05, 3.63) is 42.0 Å². The Morgan fingerprint density at radius 2 is 2.20 bits per heavy atom. The summed E-state index contributed by atoms with van der Waals surface area (Å²) in [6, 6.07) is 4.33. The van der Waals surface area contributed by atoms with Crippen LogP contribution in [0.1, 0.15) is 18.4 Å². The fourth-order valence-corrected chi connectivity index (χ4v) is 2.48. The Morgan fingerprint density at radius 1 is 1.36 bits per heavy atom. The van der Waals surface area contributed by atoms with E-state index in [2.05, 4.69) is 25.8 Å². The molecule has 1 atom stereocenters. The summed E-state index contributed by atoms with van der Waals surface area (Å²) in [4.78, 5) is 40.8. The van der Waals surface area contributed by atoms with Crippen molar-refractivity contribution in [1.29, 1.82) is 0 Å². The summed E-state index contributed by atoms with van der Waals surface area (Å²) in [5, 5.41) is 11.1. The molecular formula is C15H15FN6O3. The maximum absolute atomic E-state index is 13.2. The number of aromatic amines is 1. The molecule has 3 rings (SSSR count). The number of hydrogen-bond acceptors (Lipinski definition) is 5. The Balaban J connectivity index is 1.54. The second kappa shape index (κ2) is 7.07. The number of carbonyl (C=O) groups is 3. The number of anilines is 1. The van der Waals surface area contributed by atoms with E-state index in [0.29, 0.717) is 5.56 Å². The maximum Gasteiger partial charge on any atom is 0.325 e. The Kier molecular flexibility index (Phi) is 4.68. The number of urea groups is 1. The van der Waals surface area contributed by atoms with Crippen LogP contribution in [-0.2, 0) is 16.1 Å². The number of rotatable bonds is 6. The largest absolute Gasteiger partial charge is 0.326 e. The molecule has 0 aliphatic carbocycles. The van der Waals surface area contributed by atoms with Gasteiger partial charge in [0.15, 0.2) is 0 Å². The fourth-order valence-electron chi connectivity index (χ4n) is 2.48. The van der Waals surface area contributed by atoms with E-state index in [-0.39, 0.29) is 31.2 Å². The van der Waals surface area contributed by atoms with Gasteiger partial charge in [-0.15, -0.1) is 0 Å². The molecule has 0 radical (unpaired) electrons. The van der Waals surface area contributed by atoms with Gasteiger partial charge in [0.1, 0.15) is 18.2 Å². The number of carbonyl (C=O) groups excluding carboxylic acids is 3. The molecule has 4 amide bonds. The van der Waals surface area contributed by atoms with Crippen LogP contribution in [0.2, 0.25) is 0 Å². The van der Waals surface area contributed by atoms with Gasteiger partial charge in [0.05, 0.1) is 6.54 Å². The molecule has 0 saturated carbocycles. The molecule has 3 N–H and O–H groups in total. The summed E-state index contributed by atoms with van der Waals surface area (Å²) in [5.74, 6) is -1.03. The van der Waals surface area contributed by atoms with Crippen molar-refractivity contribution in [2.75, 3.05) is 5.32 Å². The minimum absolute atomic E-state index is 0.0190. The SMILES string of the molecule is O=C(CC[C@@H]1NC(=O)N(Cc2cccc(F)c2)C1=O)Nc1ncn[nH]1. The smallest absolute Gasteiger partial charge is 0.325 e. The average Bonchev–Trinajstić information content (AvgIpc) is 3.16. The van der Waals surface area contributed by atoms with Crippen LogP contribution in [0.4, 0.5) is 15.1 Å². The second-order valence-corrected chi connectivity index (χ2v) is 5.48. The molecule has 130 valence electrons. The van der Waals surface area contributed by atoms with Crippen LogP contribution >= 0.6 is 0 Å². The highest BCUT2D eigenvalue weighted by atomic mass is 19.1. The summed E-state index contributed by atoms with van der Waals surface area (Å²) < 4.78 is 13.2. The molecule has 1 fully saturated rings. The van der Waals surface area contributed by atoms with Gasteiger partial charge in [-0.2, -0.15) is 10.1 Å². The van der Waals surface area contributed by atoms with Crippen LogP contribution < -0.4 is 10.6 Å². The number of benzene rings is 1. The van der Waals surface area contributed by atoms with Crippen LogP contribution in [0.25, 0.3) is 0 Å². The normalized spacial score (nSPS) is 16.8. The Hall–Kier alpha value is -3.30. The highest BCUT2D eigenvalue weighted by Gasteiger charge is 2.37. The Morgan fingerprint density at radius 3 is 2.92 bits per heavy atom. The minimum atomic E-state index is -0.790. The molecule has 1 aromatic heterocycles. The lowest BCUT2D eigenvalue weighted by Crippen LogP contribution is -2.31. The minimum Gasteiger partial charge on any atom is -0.326 e. The Bertz CT molecular complexity index is 794. The number of imide groups is 1. The quantitative estimate of drug-likeness (QED) is 0.668. The molecule has 0 bridgehead atoms. The van der Waals surface area contributed by atoms with Gasteiger partial charge in [-0.3, -0.25) is 19.8 Å². The van der Waals surface area contributed by atoms with Crippen molar-refractivity contribution in [3.8, 4) is 0 Å². The van der Waals surface area contributed by atoms with E-state index in [9.17, 15) is 18.8 Å². The lowest BCUT2D eigenvalue weighted by molar-refractivity contribution is -0.128. The van der Waals surface area contributed by atoms with Gasteiger partial charge in [-0.05, 0) is 24.1 Å². The lowest BCUT2D eigenvalue weighted by atomic mass is 10.1. The van der Waals surface area contributed by atoms with E-state index in [4.69, 9.17) is 0 Å². The van der Waals surface area contributed by atoms with Crippen molar-refractivity contribution in [2.24, 2.45) is 0 Å².